The van der Waals surface area contributed by atoms with Gasteiger partial charge in [-0.3, -0.25) is 4.79 Å². The van der Waals surface area contributed by atoms with E-state index in [2.05, 4.69) is 15.3 Å². The number of hydrogen-bond donors (Lipinski definition) is 1. The Morgan fingerprint density at radius 1 is 1.24 bits per heavy atom. The molecule has 0 spiro atoms. The summed E-state index contributed by atoms with van der Waals surface area (Å²) in [5, 5.41) is 2.59. The van der Waals surface area contributed by atoms with Crippen molar-refractivity contribution in [3.05, 3.63) is 36.2 Å². The molecule has 1 N–H and O–H groups in total. The highest BCUT2D eigenvalue weighted by molar-refractivity contribution is 14.1. The minimum atomic E-state index is -0.984. The average Bonchev–Trinajstić information content (AvgIpc) is 2.78. The van der Waals surface area contributed by atoms with E-state index in [0.29, 0.717) is 11.5 Å². The lowest BCUT2D eigenvalue weighted by Gasteiger charge is -2.14. The number of methoxy groups -OCH3 is 1. The van der Waals surface area contributed by atoms with Gasteiger partial charge in [-0.05, 0) is 48.1 Å². The zero-order valence-corrected chi connectivity index (χ0v) is 15.9. The zero-order chi connectivity index (χ0) is 18.2. The lowest BCUT2D eigenvalue weighted by atomic mass is 10.2. The lowest BCUT2D eigenvalue weighted by molar-refractivity contribution is -0.118. The van der Waals surface area contributed by atoms with E-state index in [1.165, 1.54) is 12.4 Å². The number of aryl methyl sites for hydroxylation is 1. The van der Waals surface area contributed by atoms with Crippen molar-refractivity contribution in [3.63, 3.8) is 0 Å². The first kappa shape index (κ1) is 17.4. The van der Waals surface area contributed by atoms with Gasteiger partial charge in [0.2, 0.25) is 0 Å². The Hall–Kier alpha value is -2.43. The van der Waals surface area contributed by atoms with Gasteiger partial charge in [-0.2, -0.15) is 0 Å². The summed E-state index contributed by atoms with van der Waals surface area (Å²) in [6.45, 7) is 3.55. The molecular weight excluding hydrogens is 439 g/mol. The van der Waals surface area contributed by atoms with Crippen molar-refractivity contribution in [3.8, 4) is 17.5 Å². The molecule has 3 amide bonds. The molecule has 0 aliphatic carbocycles. The molecule has 2 heterocycles. The predicted octanol–water partition coefficient (Wildman–Crippen LogP) is 2.79. The van der Waals surface area contributed by atoms with E-state index >= 15 is 0 Å². The van der Waals surface area contributed by atoms with E-state index in [4.69, 9.17) is 9.47 Å². The monoisotopic (exact) mass is 454 g/mol. The van der Waals surface area contributed by atoms with Crippen molar-refractivity contribution in [1.29, 1.82) is 0 Å². The van der Waals surface area contributed by atoms with Crippen molar-refractivity contribution >= 4 is 40.2 Å². The molecule has 0 saturated carbocycles. The maximum absolute atomic E-state index is 12.3. The number of anilines is 1. The first-order valence-corrected chi connectivity index (χ1v) is 8.40. The van der Waals surface area contributed by atoms with Crippen LogP contribution in [0.4, 0.5) is 10.5 Å². The number of carbonyl (C=O) groups excluding carboxylic acids is 2. The third-order valence-corrected chi connectivity index (χ3v) is 4.34. The summed E-state index contributed by atoms with van der Waals surface area (Å²) in [5.74, 6) is 0.832. The Labute approximate surface area is 157 Å². The van der Waals surface area contributed by atoms with E-state index in [1.807, 2.05) is 35.6 Å². The zero-order valence-electron chi connectivity index (χ0n) is 13.7. The fourth-order valence-electron chi connectivity index (χ4n) is 2.29. The second kappa shape index (κ2) is 6.47. The molecule has 0 radical (unpaired) electrons. The van der Waals surface area contributed by atoms with Crippen LogP contribution in [0.15, 0.2) is 30.6 Å². The second-order valence-corrected chi connectivity index (χ2v) is 7.69. The summed E-state index contributed by atoms with van der Waals surface area (Å²) in [4.78, 5) is 33.3. The predicted molar refractivity (Wildman–Crippen MR) is 98.3 cm³/mol. The summed E-state index contributed by atoms with van der Waals surface area (Å²) >= 11 is 1.88. The number of alkyl halides is 1. The highest BCUT2D eigenvalue weighted by atomic mass is 127. The Morgan fingerprint density at radius 3 is 2.48 bits per heavy atom. The molecule has 1 aromatic carbocycles. The Morgan fingerprint density at radius 2 is 1.92 bits per heavy atom. The Bertz CT molecular complexity index is 839. The third-order valence-electron chi connectivity index (χ3n) is 3.61. The summed E-state index contributed by atoms with van der Waals surface area (Å²) < 4.78 is 9.84. The van der Waals surface area contributed by atoms with Crippen LogP contribution in [0.2, 0.25) is 0 Å². The number of rotatable bonds is 4. The molecule has 1 aromatic heterocycles. The number of halogens is 1. The maximum Gasteiger partial charge on any atom is 0.330 e. The molecule has 8 nitrogen and oxygen atoms in total. The number of amides is 3. The minimum absolute atomic E-state index is 0.0962. The molecule has 1 fully saturated rings. The van der Waals surface area contributed by atoms with Gasteiger partial charge in [-0.15, -0.1) is 0 Å². The van der Waals surface area contributed by atoms with Gasteiger partial charge in [0.05, 0.1) is 25.2 Å². The van der Waals surface area contributed by atoms with E-state index in [1.54, 1.807) is 26.2 Å². The van der Waals surface area contributed by atoms with Crippen LogP contribution >= 0.6 is 22.6 Å². The number of nitrogens with one attached hydrogen (secondary N) is 1. The van der Waals surface area contributed by atoms with Gasteiger partial charge in [0, 0.05) is 6.07 Å². The molecule has 130 valence electrons. The van der Waals surface area contributed by atoms with Crippen molar-refractivity contribution < 1.29 is 19.1 Å². The SMILES string of the molecule is COc1cc(Oc2ncc(N3C(=O)N[C@](C)(I)C3=O)cn2)ccc1C. The molecule has 1 saturated heterocycles. The number of imide groups is 1. The smallest absolute Gasteiger partial charge is 0.330 e. The van der Waals surface area contributed by atoms with Crippen LogP contribution in [-0.4, -0.2) is 32.6 Å². The molecule has 2 aromatic rings. The molecule has 0 unspecified atom stereocenters. The first-order valence-electron chi connectivity index (χ1n) is 7.32. The van der Waals surface area contributed by atoms with Crippen LogP contribution in [0.1, 0.15) is 12.5 Å². The molecular formula is C16H15IN4O4. The highest BCUT2D eigenvalue weighted by Gasteiger charge is 2.47. The van der Waals surface area contributed by atoms with Crippen LogP contribution in [0.5, 0.6) is 17.5 Å². The van der Waals surface area contributed by atoms with Crippen LogP contribution in [0.3, 0.4) is 0 Å². The van der Waals surface area contributed by atoms with Crippen molar-refractivity contribution in [2.24, 2.45) is 0 Å². The topological polar surface area (TPSA) is 93.7 Å². The molecule has 25 heavy (non-hydrogen) atoms. The molecule has 9 heteroatoms. The second-order valence-electron chi connectivity index (χ2n) is 5.53. The van der Waals surface area contributed by atoms with Crippen LogP contribution in [0, 0.1) is 6.92 Å². The summed E-state index contributed by atoms with van der Waals surface area (Å²) in [5.41, 5.74) is 1.25. The van der Waals surface area contributed by atoms with Crippen molar-refractivity contribution in [2.45, 2.75) is 17.4 Å². The Balaban J connectivity index is 1.79. The number of ether oxygens (including phenoxy) is 2. The standard InChI is InChI=1S/C16H15IN4O4/c1-9-4-5-11(6-12(9)24-3)25-14-18-7-10(8-19-14)21-13(22)16(2,17)20-15(21)23/h4-8H,1-3H3,(H,20,23)/t16-/m0/s1. The van der Waals surface area contributed by atoms with E-state index in [9.17, 15) is 9.59 Å². The van der Waals surface area contributed by atoms with E-state index in [-0.39, 0.29) is 17.6 Å². The van der Waals surface area contributed by atoms with Crippen molar-refractivity contribution in [1.82, 2.24) is 15.3 Å². The normalized spacial score (nSPS) is 19.8. The van der Waals surface area contributed by atoms with Gasteiger partial charge >= 0.3 is 12.0 Å². The molecule has 1 aliphatic heterocycles. The maximum atomic E-state index is 12.3. The summed E-state index contributed by atoms with van der Waals surface area (Å²) in [6, 6.07) is 4.94. The largest absolute Gasteiger partial charge is 0.496 e. The molecule has 3 rings (SSSR count). The number of nitrogens with zero attached hydrogens (tertiary/aromatic N) is 3. The number of carbonyl (C=O) groups is 2. The fourth-order valence-corrected chi connectivity index (χ4v) is 2.77. The van der Waals surface area contributed by atoms with Crippen LogP contribution in [0.25, 0.3) is 0 Å². The lowest BCUT2D eigenvalue weighted by Crippen LogP contribution is -2.36. The summed E-state index contributed by atoms with van der Waals surface area (Å²) in [7, 11) is 1.58. The fraction of sp³-hybridized carbons (Fsp3) is 0.250. The minimum Gasteiger partial charge on any atom is -0.496 e. The molecule has 0 bridgehead atoms. The van der Waals surface area contributed by atoms with Gasteiger partial charge < -0.3 is 14.8 Å². The van der Waals surface area contributed by atoms with E-state index < -0.39 is 9.58 Å². The number of benzene rings is 1. The van der Waals surface area contributed by atoms with Gasteiger partial charge in [0.15, 0.2) is 3.55 Å². The molecule has 1 aliphatic rings. The van der Waals surface area contributed by atoms with Gasteiger partial charge in [0.25, 0.3) is 5.91 Å². The summed E-state index contributed by atoms with van der Waals surface area (Å²) in [6.07, 6.45) is 2.73. The van der Waals surface area contributed by atoms with Crippen molar-refractivity contribution in [2.75, 3.05) is 12.0 Å². The van der Waals surface area contributed by atoms with Gasteiger partial charge in [-0.25, -0.2) is 19.7 Å². The highest BCUT2D eigenvalue weighted by Crippen LogP contribution is 2.30. The Kier molecular flexibility index (Phi) is 4.50. The third kappa shape index (κ3) is 3.36. The van der Waals surface area contributed by atoms with E-state index in [0.717, 1.165) is 10.5 Å². The first-order chi connectivity index (χ1) is 11.8. The van der Waals surface area contributed by atoms with Gasteiger partial charge in [-0.1, -0.05) is 6.07 Å². The average molecular weight is 454 g/mol. The van der Waals surface area contributed by atoms with Crippen LogP contribution in [-0.2, 0) is 4.79 Å². The number of urea groups is 1. The van der Waals surface area contributed by atoms with Gasteiger partial charge in [0.1, 0.15) is 11.5 Å². The number of hydrogen-bond acceptors (Lipinski definition) is 6. The van der Waals surface area contributed by atoms with Crippen LogP contribution < -0.4 is 19.7 Å². The molecule has 1 atom stereocenters. The number of aromatic nitrogens is 2. The quantitative estimate of drug-likeness (QED) is 0.331.